The van der Waals surface area contributed by atoms with Crippen LogP contribution in [0.15, 0.2) is 0 Å². The zero-order valence-electron chi connectivity index (χ0n) is 7.20. The Morgan fingerprint density at radius 1 is 1.00 bits per heavy atom. The van der Waals surface area contributed by atoms with E-state index >= 15 is 0 Å². The molecule has 0 saturated heterocycles. The van der Waals surface area contributed by atoms with Crippen LogP contribution in [0.3, 0.4) is 0 Å². The van der Waals surface area contributed by atoms with Gasteiger partial charge in [0.1, 0.15) is 0 Å². The third kappa shape index (κ3) is 3.18. The third-order valence-corrected chi connectivity index (χ3v) is 2.04. The third-order valence-electron chi connectivity index (χ3n) is 2.04. The second-order valence-electron chi connectivity index (χ2n) is 2.80. The molecule has 0 aliphatic carbocycles. The monoisotopic (exact) mass is 162 g/mol. The van der Waals surface area contributed by atoms with Gasteiger partial charge in [-0.3, -0.25) is 0 Å². The van der Waals surface area contributed by atoms with Crippen molar-refractivity contribution in [3.05, 3.63) is 0 Å². The molecule has 0 aliphatic heterocycles. The molecule has 0 amide bonds. The SMILES string of the molecule is CCC(O)C(CO)C(O)CC. The highest BCUT2D eigenvalue weighted by Gasteiger charge is 2.23. The van der Waals surface area contributed by atoms with E-state index in [1.54, 1.807) is 0 Å². The molecule has 3 N–H and O–H groups in total. The normalized spacial score (nSPS) is 19.4. The first-order chi connectivity index (χ1) is 5.17. The first kappa shape index (κ1) is 10.9. The minimum atomic E-state index is -0.588. The Morgan fingerprint density at radius 2 is 1.36 bits per heavy atom. The molecular weight excluding hydrogens is 144 g/mol. The minimum absolute atomic E-state index is 0.149. The van der Waals surface area contributed by atoms with Crippen molar-refractivity contribution < 1.29 is 15.3 Å². The number of hydrogen-bond acceptors (Lipinski definition) is 3. The zero-order valence-corrected chi connectivity index (χ0v) is 7.20. The van der Waals surface area contributed by atoms with Gasteiger partial charge in [-0.05, 0) is 12.8 Å². The van der Waals surface area contributed by atoms with Crippen LogP contribution < -0.4 is 0 Å². The molecule has 0 bridgehead atoms. The lowest BCUT2D eigenvalue weighted by molar-refractivity contribution is -0.0189. The van der Waals surface area contributed by atoms with Gasteiger partial charge in [-0.2, -0.15) is 0 Å². The predicted molar refractivity (Wildman–Crippen MR) is 43.2 cm³/mol. The average molecular weight is 162 g/mol. The van der Waals surface area contributed by atoms with Gasteiger partial charge in [-0.15, -0.1) is 0 Å². The molecule has 0 aromatic rings. The van der Waals surface area contributed by atoms with Crippen molar-refractivity contribution in [1.82, 2.24) is 0 Å². The minimum Gasteiger partial charge on any atom is -0.396 e. The summed E-state index contributed by atoms with van der Waals surface area (Å²) in [5, 5.41) is 27.4. The Kier molecular flexibility index (Phi) is 5.46. The maximum atomic E-state index is 9.30. The highest BCUT2D eigenvalue weighted by atomic mass is 16.3. The number of hydrogen-bond donors (Lipinski definition) is 3. The number of aliphatic hydroxyl groups is 3. The second kappa shape index (κ2) is 5.52. The van der Waals surface area contributed by atoms with E-state index in [4.69, 9.17) is 5.11 Å². The molecule has 0 rings (SSSR count). The summed E-state index contributed by atoms with van der Waals surface area (Å²) in [4.78, 5) is 0. The molecule has 0 aliphatic rings. The van der Waals surface area contributed by atoms with Crippen LogP contribution in [0.2, 0.25) is 0 Å². The van der Waals surface area contributed by atoms with Gasteiger partial charge in [-0.25, -0.2) is 0 Å². The van der Waals surface area contributed by atoms with Crippen molar-refractivity contribution in [2.45, 2.75) is 38.9 Å². The molecule has 11 heavy (non-hydrogen) atoms. The molecule has 3 nitrogen and oxygen atoms in total. The Bertz CT molecular complexity index is 85.3. The lowest BCUT2D eigenvalue weighted by atomic mass is 9.93. The standard InChI is InChI=1S/C8H18O3/c1-3-7(10)6(5-9)8(11)4-2/h6-11H,3-5H2,1-2H3. The quantitative estimate of drug-likeness (QED) is 0.539. The summed E-state index contributed by atoms with van der Waals surface area (Å²) in [5.41, 5.74) is 0. The molecule has 0 heterocycles. The second-order valence-corrected chi connectivity index (χ2v) is 2.80. The molecule has 0 aromatic carbocycles. The summed E-state index contributed by atoms with van der Waals surface area (Å²) in [6.45, 7) is 3.51. The fourth-order valence-electron chi connectivity index (χ4n) is 1.11. The lowest BCUT2D eigenvalue weighted by Crippen LogP contribution is -2.33. The van der Waals surface area contributed by atoms with E-state index in [9.17, 15) is 10.2 Å². The summed E-state index contributed by atoms with van der Waals surface area (Å²) in [5.74, 6) is -0.384. The highest BCUT2D eigenvalue weighted by Crippen LogP contribution is 2.13. The van der Waals surface area contributed by atoms with Crippen LogP contribution in [0.1, 0.15) is 26.7 Å². The fourth-order valence-corrected chi connectivity index (χ4v) is 1.11. The topological polar surface area (TPSA) is 60.7 Å². The van der Waals surface area contributed by atoms with E-state index in [-0.39, 0.29) is 12.5 Å². The molecular formula is C8H18O3. The van der Waals surface area contributed by atoms with Crippen LogP contribution in [-0.2, 0) is 0 Å². The largest absolute Gasteiger partial charge is 0.396 e. The molecule has 0 radical (unpaired) electrons. The maximum absolute atomic E-state index is 9.30. The van der Waals surface area contributed by atoms with Crippen molar-refractivity contribution in [1.29, 1.82) is 0 Å². The van der Waals surface area contributed by atoms with Crippen LogP contribution in [-0.4, -0.2) is 34.1 Å². The van der Waals surface area contributed by atoms with Crippen LogP contribution in [0.5, 0.6) is 0 Å². The van der Waals surface area contributed by atoms with Gasteiger partial charge in [0.15, 0.2) is 0 Å². The van der Waals surface area contributed by atoms with Crippen molar-refractivity contribution in [2.75, 3.05) is 6.61 Å². The van der Waals surface area contributed by atoms with E-state index in [1.807, 2.05) is 13.8 Å². The Balaban J connectivity index is 3.92. The van der Waals surface area contributed by atoms with Crippen molar-refractivity contribution in [3.63, 3.8) is 0 Å². The van der Waals surface area contributed by atoms with E-state index in [0.717, 1.165) is 0 Å². The molecule has 0 spiro atoms. The van der Waals surface area contributed by atoms with Gasteiger partial charge in [0, 0.05) is 5.92 Å². The van der Waals surface area contributed by atoms with Gasteiger partial charge >= 0.3 is 0 Å². The summed E-state index contributed by atoms with van der Waals surface area (Å²) in [6.07, 6.45) is -0.0326. The predicted octanol–water partition coefficient (Wildman–Crippen LogP) is 0.137. The molecule has 68 valence electrons. The molecule has 3 heteroatoms. The van der Waals surface area contributed by atoms with E-state index in [1.165, 1.54) is 0 Å². The maximum Gasteiger partial charge on any atom is 0.0612 e. The van der Waals surface area contributed by atoms with Gasteiger partial charge in [-0.1, -0.05) is 13.8 Å². The summed E-state index contributed by atoms with van der Waals surface area (Å²) in [6, 6.07) is 0. The van der Waals surface area contributed by atoms with Gasteiger partial charge < -0.3 is 15.3 Å². The Morgan fingerprint density at radius 3 is 1.55 bits per heavy atom. The Hall–Kier alpha value is -0.120. The molecule has 2 unspecified atom stereocenters. The molecule has 0 aromatic heterocycles. The van der Waals surface area contributed by atoms with Gasteiger partial charge in [0.25, 0.3) is 0 Å². The van der Waals surface area contributed by atoms with E-state index < -0.39 is 12.2 Å². The molecule has 0 saturated carbocycles. The van der Waals surface area contributed by atoms with Crippen LogP contribution in [0.25, 0.3) is 0 Å². The zero-order chi connectivity index (χ0) is 8.85. The van der Waals surface area contributed by atoms with Crippen molar-refractivity contribution in [2.24, 2.45) is 5.92 Å². The summed E-state index contributed by atoms with van der Waals surface area (Å²) in [7, 11) is 0. The smallest absolute Gasteiger partial charge is 0.0612 e. The molecule has 2 atom stereocenters. The van der Waals surface area contributed by atoms with Gasteiger partial charge in [0.2, 0.25) is 0 Å². The first-order valence-electron chi connectivity index (χ1n) is 4.14. The van der Waals surface area contributed by atoms with Crippen LogP contribution >= 0.6 is 0 Å². The molecule has 0 fully saturated rings. The van der Waals surface area contributed by atoms with Crippen LogP contribution in [0.4, 0.5) is 0 Å². The summed E-state index contributed by atoms with van der Waals surface area (Å²) >= 11 is 0. The number of rotatable bonds is 5. The Labute approximate surface area is 67.7 Å². The number of aliphatic hydroxyl groups excluding tert-OH is 3. The van der Waals surface area contributed by atoms with Crippen molar-refractivity contribution in [3.8, 4) is 0 Å². The lowest BCUT2D eigenvalue weighted by Gasteiger charge is -2.23. The highest BCUT2D eigenvalue weighted by molar-refractivity contribution is 4.73. The first-order valence-corrected chi connectivity index (χ1v) is 4.14. The van der Waals surface area contributed by atoms with Crippen molar-refractivity contribution >= 4 is 0 Å². The fraction of sp³-hybridized carbons (Fsp3) is 1.00. The van der Waals surface area contributed by atoms with Crippen LogP contribution in [0, 0.1) is 5.92 Å². The van der Waals surface area contributed by atoms with E-state index in [2.05, 4.69) is 0 Å². The van der Waals surface area contributed by atoms with Gasteiger partial charge in [0.05, 0.1) is 18.8 Å². The average Bonchev–Trinajstić information content (AvgIpc) is 2.05. The van der Waals surface area contributed by atoms with E-state index in [0.29, 0.717) is 12.8 Å². The summed E-state index contributed by atoms with van der Waals surface area (Å²) < 4.78 is 0.